The number of aromatic hydroxyl groups is 1. The van der Waals surface area contributed by atoms with Gasteiger partial charge < -0.3 is 10.2 Å². The van der Waals surface area contributed by atoms with Crippen LogP contribution >= 0.6 is 23.2 Å². The molecule has 1 rings (SSSR count). The zero-order valence-corrected chi connectivity index (χ0v) is 10.0. The van der Waals surface area contributed by atoms with E-state index in [0.29, 0.717) is 17.5 Å². The molecule has 0 spiro atoms. The van der Waals surface area contributed by atoms with Crippen LogP contribution in [0.25, 0.3) is 6.08 Å². The van der Waals surface area contributed by atoms with Crippen LogP contribution in [0, 0.1) is 0 Å². The Hall–Kier alpha value is -1.19. The van der Waals surface area contributed by atoms with Crippen LogP contribution in [0.2, 0.25) is 10.0 Å². The van der Waals surface area contributed by atoms with Gasteiger partial charge in [-0.05, 0) is 29.7 Å². The van der Waals surface area contributed by atoms with Crippen LogP contribution in [-0.2, 0) is 11.2 Å². The highest BCUT2D eigenvalue weighted by molar-refractivity contribution is 6.37. The molecule has 0 fully saturated rings. The summed E-state index contributed by atoms with van der Waals surface area (Å²) in [4.78, 5) is 10.4. The minimum atomic E-state index is -1.05. The van der Waals surface area contributed by atoms with Crippen molar-refractivity contribution in [2.45, 2.75) is 13.3 Å². The SMILES string of the molecule is CCc1c(C=CC(=O)O)cc(Cl)c(O)c1Cl. The first-order valence-corrected chi connectivity index (χ1v) is 5.33. The van der Waals surface area contributed by atoms with E-state index in [4.69, 9.17) is 28.3 Å². The van der Waals surface area contributed by atoms with E-state index in [1.165, 1.54) is 12.1 Å². The molecular formula is C11H10Cl2O3. The average molecular weight is 261 g/mol. The van der Waals surface area contributed by atoms with E-state index in [1.807, 2.05) is 6.92 Å². The van der Waals surface area contributed by atoms with Gasteiger partial charge in [0.15, 0.2) is 5.75 Å². The van der Waals surface area contributed by atoms with Crippen molar-refractivity contribution < 1.29 is 15.0 Å². The maximum atomic E-state index is 10.4. The number of carbonyl (C=O) groups is 1. The van der Waals surface area contributed by atoms with Gasteiger partial charge in [0.2, 0.25) is 0 Å². The van der Waals surface area contributed by atoms with Gasteiger partial charge in [-0.2, -0.15) is 0 Å². The fraction of sp³-hybridized carbons (Fsp3) is 0.182. The number of benzene rings is 1. The number of hydrogen-bond donors (Lipinski definition) is 2. The third-order valence-electron chi connectivity index (χ3n) is 2.09. The maximum Gasteiger partial charge on any atom is 0.328 e. The standard InChI is InChI=1S/C11H10Cl2O3/c1-2-7-6(3-4-9(14)15)5-8(12)11(16)10(7)13/h3-5,16H,2H2,1H3,(H,14,15). The van der Waals surface area contributed by atoms with Crippen molar-refractivity contribution in [3.8, 4) is 5.75 Å². The van der Waals surface area contributed by atoms with Crippen LogP contribution in [0.1, 0.15) is 18.1 Å². The molecular weight excluding hydrogens is 251 g/mol. The summed E-state index contributed by atoms with van der Waals surface area (Å²) in [6.07, 6.45) is 2.97. The number of phenolic OH excluding ortho intramolecular Hbond substituents is 1. The van der Waals surface area contributed by atoms with Gasteiger partial charge in [0.1, 0.15) is 0 Å². The van der Waals surface area contributed by atoms with Gasteiger partial charge in [0.05, 0.1) is 10.0 Å². The number of halogens is 2. The van der Waals surface area contributed by atoms with Gasteiger partial charge in [-0.1, -0.05) is 30.1 Å². The number of hydrogen-bond acceptors (Lipinski definition) is 2. The first-order chi connectivity index (χ1) is 7.47. The Morgan fingerprint density at radius 3 is 2.62 bits per heavy atom. The number of carboxylic acid groups (broad SMARTS) is 1. The van der Waals surface area contributed by atoms with Gasteiger partial charge in [0, 0.05) is 6.08 Å². The summed E-state index contributed by atoms with van der Waals surface area (Å²) in [7, 11) is 0. The first kappa shape index (κ1) is 12.9. The number of carboxylic acids is 1. The molecule has 1 aromatic carbocycles. The molecule has 1 aromatic rings. The molecule has 16 heavy (non-hydrogen) atoms. The third kappa shape index (κ3) is 2.68. The van der Waals surface area contributed by atoms with Gasteiger partial charge in [-0.3, -0.25) is 0 Å². The second-order valence-electron chi connectivity index (χ2n) is 3.11. The summed E-state index contributed by atoms with van der Waals surface area (Å²) in [5.41, 5.74) is 1.26. The molecule has 0 aromatic heterocycles. The minimum absolute atomic E-state index is 0.104. The van der Waals surface area contributed by atoms with E-state index in [0.717, 1.165) is 6.08 Å². The van der Waals surface area contributed by atoms with Gasteiger partial charge in [-0.25, -0.2) is 4.79 Å². The van der Waals surface area contributed by atoms with E-state index in [-0.39, 0.29) is 15.8 Å². The highest BCUT2D eigenvalue weighted by atomic mass is 35.5. The molecule has 0 bridgehead atoms. The van der Waals surface area contributed by atoms with E-state index in [1.54, 1.807) is 0 Å². The lowest BCUT2D eigenvalue weighted by Crippen LogP contribution is -1.92. The van der Waals surface area contributed by atoms with Crippen molar-refractivity contribution >= 4 is 35.2 Å². The van der Waals surface area contributed by atoms with Gasteiger partial charge in [-0.15, -0.1) is 0 Å². The minimum Gasteiger partial charge on any atom is -0.505 e. The molecule has 0 amide bonds. The van der Waals surface area contributed by atoms with E-state index < -0.39 is 5.97 Å². The van der Waals surface area contributed by atoms with E-state index in [9.17, 15) is 9.90 Å². The fourth-order valence-electron chi connectivity index (χ4n) is 1.34. The van der Waals surface area contributed by atoms with Crippen molar-refractivity contribution in [1.29, 1.82) is 0 Å². The number of phenols is 1. The van der Waals surface area contributed by atoms with Crippen LogP contribution in [0.3, 0.4) is 0 Å². The zero-order valence-electron chi connectivity index (χ0n) is 8.50. The Bertz CT molecular complexity index is 453. The molecule has 0 radical (unpaired) electrons. The molecule has 3 nitrogen and oxygen atoms in total. The van der Waals surface area contributed by atoms with Crippen molar-refractivity contribution in [3.63, 3.8) is 0 Å². The zero-order chi connectivity index (χ0) is 12.3. The summed E-state index contributed by atoms with van der Waals surface area (Å²) in [6, 6.07) is 1.49. The summed E-state index contributed by atoms with van der Waals surface area (Å²) in [5, 5.41) is 18.3. The molecule has 0 saturated carbocycles. The van der Waals surface area contributed by atoms with Crippen molar-refractivity contribution in [1.82, 2.24) is 0 Å². The molecule has 5 heteroatoms. The largest absolute Gasteiger partial charge is 0.505 e. The van der Waals surface area contributed by atoms with Gasteiger partial charge in [0.25, 0.3) is 0 Å². The maximum absolute atomic E-state index is 10.4. The molecule has 2 N–H and O–H groups in total. The average Bonchev–Trinajstić information content (AvgIpc) is 2.23. The highest BCUT2D eigenvalue weighted by Crippen LogP contribution is 2.37. The van der Waals surface area contributed by atoms with Crippen LogP contribution in [0.4, 0.5) is 0 Å². The Morgan fingerprint density at radius 2 is 2.12 bits per heavy atom. The molecule has 86 valence electrons. The molecule has 0 saturated heterocycles. The molecule has 0 aliphatic heterocycles. The second-order valence-corrected chi connectivity index (χ2v) is 3.90. The lowest BCUT2D eigenvalue weighted by atomic mass is 10.0. The topological polar surface area (TPSA) is 57.5 Å². The predicted octanol–water partition coefficient (Wildman–Crippen LogP) is 3.36. The summed E-state index contributed by atoms with van der Waals surface area (Å²) >= 11 is 11.7. The fourth-order valence-corrected chi connectivity index (χ4v) is 1.94. The lowest BCUT2D eigenvalue weighted by Gasteiger charge is -2.09. The quantitative estimate of drug-likeness (QED) is 0.820. The molecule has 0 aliphatic rings. The number of rotatable bonds is 3. The van der Waals surface area contributed by atoms with Crippen molar-refractivity contribution in [3.05, 3.63) is 33.3 Å². The van der Waals surface area contributed by atoms with Crippen LogP contribution < -0.4 is 0 Å². The summed E-state index contributed by atoms with van der Waals surface area (Å²) < 4.78 is 0. The summed E-state index contributed by atoms with van der Waals surface area (Å²) in [6.45, 7) is 1.85. The lowest BCUT2D eigenvalue weighted by molar-refractivity contribution is -0.131. The predicted molar refractivity (Wildman–Crippen MR) is 64.2 cm³/mol. The highest BCUT2D eigenvalue weighted by Gasteiger charge is 2.12. The second kappa shape index (κ2) is 5.23. The Balaban J connectivity index is 3.33. The van der Waals surface area contributed by atoms with E-state index in [2.05, 4.69) is 0 Å². The molecule has 0 atom stereocenters. The first-order valence-electron chi connectivity index (χ1n) is 4.58. The van der Waals surface area contributed by atoms with Crippen LogP contribution in [-0.4, -0.2) is 16.2 Å². The van der Waals surface area contributed by atoms with Crippen LogP contribution in [0.15, 0.2) is 12.1 Å². The monoisotopic (exact) mass is 260 g/mol. The van der Waals surface area contributed by atoms with Crippen molar-refractivity contribution in [2.24, 2.45) is 0 Å². The summed E-state index contributed by atoms with van der Waals surface area (Å²) in [5.74, 6) is -1.23. The third-order valence-corrected chi connectivity index (χ3v) is 2.78. The van der Waals surface area contributed by atoms with Gasteiger partial charge >= 0.3 is 5.97 Å². The molecule has 0 aliphatic carbocycles. The molecule has 0 unspecified atom stereocenters. The normalized spacial score (nSPS) is 10.9. The van der Waals surface area contributed by atoms with E-state index >= 15 is 0 Å². The van der Waals surface area contributed by atoms with Crippen molar-refractivity contribution in [2.75, 3.05) is 0 Å². The smallest absolute Gasteiger partial charge is 0.328 e. The van der Waals surface area contributed by atoms with Crippen LogP contribution in [0.5, 0.6) is 5.75 Å². The Labute approximate surface area is 103 Å². The molecule has 0 heterocycles. The number of aliphatic carboxylic acids is 1. The Morgan fingerprint density at radius 1 is 1.50 bits per heavy atom. The Kier molecular flexibility index (Phi) is 4.21.